The Hall–Kier alpha value is -3.28. The Morgan fingerprint density at radius 3 is 2.15 bits per heavy atom. The largest absolute Gasteiger partial charge is 0.370 e. The molecular formula is C20H18N2O4. The number of amides is 1. The molecule has 0 saturated carbocycles. The van der Waals surface area contributed by atoms with Gasteiger partial charge in [-0.3, -0.25) is 9.59 Å². The molecule has 2 aromatic carbocycles. The number of benzene rings is 2. The second-order valence-corrected chi connectivity index (χ2v) is 6.28. The van der Waals surface area contributed by atoms with Crippen LogP contribution in [0.25, 0.3) is 0 Å². The van der Waals surface area contributed by atoms with Crippen LogP contribution in [-0.2, 0) is 20.0 Å². The van der Waals surface area contributed by atoms with Gasteiger partial charge < -0.3 is 10.2 Å². The molecule has 1 aliphatic rings. The van der Waals surface area contributed by atoms with Crippen molar-refractivity contribution in [3.63, 3.8) is 0 Å². The standard InChI is InChI=1S/C20H18N2O4/c1-13(2)17-20(19(25)26-22-17,15-11-7-4-8-12-15)21-18(24)16(23)14-9-5-3-6-10-14/h3-13H,1-2H3,(H,21,24). The second kappa shape index (κ2) is 6.92. The van der Waals surface area contributed by atoms with E-state index in [1.165, 1.54) is 0 Å². The van der Waals surface area contributed by atoms with Crippen LogP contribution >= 0.6 is 0 Å². The molecule has 6 nitrogen and oxygen atoms in total. The minimum Gasteiger partial charge on any atom is -0.325 e. The van der Waals surface area contributed by atoms with E-state index in [0.29, 0.717) is 11.3 Å². The number of carbonyl (C=O) groups excluding carboxylic acids is 3. The molecule has 6 heteroatoms. The molecule has 0 aromatic heterocycles. The SMILES string of the molecule is CC(C)C1=NOC(=O)C1(NC(=O)C(=O)c1ccccc1)c1ccccc1. The maximum atomic E-state index is 12.7. The summed E-state index contributed by atoms with van der Waals surface area (Å²) >= 11 is 0. The fraction of sp³-hybridized carbons (Fsp3) is 0.200. The van der Waals surface area contributed by atoms with Gasteiger partial charge in [0.2, 0.25) is 11.3 Å². The monoisotopic (exact) mass is 350 g/mol. The highest BCUT2D eigenvalue weighted by Crippen LogP contribution is 2.33. The fourth-order valence-corrected chi connectivity index (χ4v) is 2.96. The zero-order chi connectivity index (χ0) is 18.7. The number of hydrogen-bond donors (Lipinski definition) is 1. The first kappa shape index (κ1) is 17.5. The van der Waals surface area contributed by atoms with E-state index in [1.807, 2.05) is 13.8 Å². The predicted molar refractivity (Wildman–Crippen MR) is 95.4 cm³/mol. The topological polar surface area (TPSA) is 84.8 Å². The molecule has 1 amide bonds. The summed E-state index contributed by atoms with van der Waals surface area (Å²) in [5.41, 5.74) is -0.536. The number of nitrogens with one attached hydrogen (secondary N) is 1. The highest BCUT2D eigenvalue weighted by molar-refractivity contribution is 6.44. The van der Waals surface area contributed by atoms with Gasteiger partial charge >= 0.3 is 5.97 Å². The Morgan fingerprint density at radius 2 is 1.58 bits per heavy atom. The highest BCUT2D eigenvalue weighted by Gasteiger charge is 2.54. The van der Waals surface area contributed by atoms with E-state index in [2.05, 4.69) is 10.5 Å². The van der Waals surface area contributed by atoms with Gasteiger partial charge in [-0.2, -0.15) is 0 Å². The lowest BCUT2D eigenvalue weighted by Crippen LogP contribution is -2.57. The molecule has 0 aliphatic carbocycles. The molecule has 1 heterocycles. The number of nitrogens with zero attached hydrogens (tertiary/aromatic N) is 1. The minimum absolute atomic E-state index is 0.186. The van der Waals surface area contributed by atoms with Crippen LogP contribution in [0.4, 0.5) is 0 Å². The molecule has 0 spiro atoms. The lowest BCUT2D eigenvalue weighted by atomic mass is 9.80. The first-order valence-corrected chi connectivity index (χ1v) is 8.24. The summed E-state index contributed by atoms with van der Waals surface area (Å²) in [6.45, 7) is 3.67. The van der Waals surface area contributed by atoms with E-state index in [1.54, 1.807) is 60.7 Å². The third-order valence-corrected chi connectivity index (χ3v) is 4.21. The zero-order valence-corrected chi connectivity index (χ0v) is 14.4. The quantitative estimate of drug-likeness (QED) is 0.510. The number of hydrogen-bond acceptors (Lipinski definition) is 5. The van der Waals surface area contributed by atoms with Crippen LogP contribution in [0.15, 0.2) is 65.8 Å². The Balaban J connectivity index is 2.03. The van der Waals surface area contributed by atoms with Gasteiger partial charge in [0.1, 0.15) is 5.71 Å². The third kappa shape index (κ3) is 2.90. The molecule has 1 N–H and O–H groups in total. The Kier molecular flexibility index (Phi) is 4.67. The van der Waals surface area contributed by atoms with Gasteiger partial charge in [-0.25, -0.2) is 4.79 Å². The van der Waals surface area contributed by atoms with Crippen LogP contribution < -0.4 is 5.32 Å². The van der Waals surface area contributed by atoms with Crippen molar-refractivity contribution in [2.45, 2.75) is 19.4 Å². The number of ketones is 1. The predicted octanol–water partition coefficient (Wildman–Crippen LogP) is 2.45. The van der Waals surface area contributed by atoms with Gasteiger partial charge in [-0.15, -0.1) is 0 Å². The molecule has 0 fully saturated rings. The maximum Gasteiger partial charge on any atom is 0.370 e. The Morgan fingerprint density at radius 1 is 1.00 bits per heavy atom. The van der Waals surface area contributed by atoms with Gasteiger partial charge in [0.15, 0.2) is 0 Å². The van der Waals surface area contributed by atoms with Crippen molar-refractivity contribution in [3.05, 3.63) is 71.8 Å². The molecular weight excluding hydrogens is 332 g/mol. The smallest absolute Gasteiger partial charge is 0.325 e. The molecule has 1 unspecified atom stereocenters. The van der Waals surface area contributed by atoms with E-state index in [0.717, 1.165) is 0 Å². The summed E-state index contributed by atoms with van der Waals surface area (Å²) in [4.78, 5) is 42.7. The van der Waals surface area contributed by atoms with Gasteiger partial charge in [0, 0.05) is 5.56 Å². The average molecular weight is 350 g/mol. The van der Waals surface area contributed by atoms with Gasteiger partial charge in [-0.1, -0.05) is 79.7 Å². The van der Waals surface area contributed by atoms with Crippen LogP contribution in [0.5, 0.6) is 0 Å². The van der Waals surface area contributed by atoms with Gasteiger partial charge in [-0.05, 0) is 11.5 Å². The van der Waals surface area contributed by atoms with Gasteiger partial charge in [0.05, 0.1) is 0 Å². The van der Waals surface area contributed by atoms with E-state index >= 15 is 0 Å². The number of oxime groups is 1. The van der Waals surface area contributed by atoms with E-state index in [4.69, 9.17) is 4.84 Å². The van der Waals surface area contributed by atoms with Crippen molar-refractivity contribution in [3.8, 4) is 0 Å². The molecule has 1 atom stereocenters. The maximum absolute atomic E-state index is 12.7. The Bertz CT molecular complexity index is 875. The molecule has 0 saturated heterocycles. The normalized spacial score (nSPS) is 19.0. The summed E-state index contributed by atoms with van der Waals surface area (Å²) in [5, 5.41) is 6.47. The molecule has 3 rings (SSSR count). The van der Waals surface area contributed by atoms with Crippen molar-refractivity contribution in [2.75, 3.05) is 0 Å². The second-order valence-electron chi connectivity index (χ2n) is 6.28. The van der Waals surface area contributed by atoms with Crippen LogP contribution in [0, 0.1) is 5.92 Å². The molecule has 2 aromatic rings. The summed E-state index contributed by atoms with van der Waals surface area (Å²) in [6.07, 6.45) is 0. The average Bonchev–Trinajstić information content (AvgIpc) is 3.00. The molecule has 132 valence electrons. The third-order valence-electron chi connectivity index (χ3n) is 4.21. The summed E-state index contributed by atoms with van der Waals surface area (Å²) in [6, 6.07) is 16.8. The van der Waals surface area contributed by atoms with Crippen molar-refractivity contribution < 1.29 is 19.2 Å². The molecule has 0 radical (unpaired) electrons. The number of carbonyl (C=O) groups is 3. The molecule has 26 heavy (non-hydrogen) atoms. The molecule has 1 aliphatic heterocycles. The Labute approximate surface area is 150 Å². The highest BCUT2D eigenvalue weighted by atomic mass is 16.7. The van der Waals surface area contributed by atoms with E-state index < -0.39 is 23.2 Å². The van der Waals surface area contributed by atoms with Crippen LogP contribution in [0.3, 0.4) is 0 Å². The molecule has 0 bridgehead atoms. The van der Waals surface area contributed by atoms with Crippen molar-refractivity contribution in [1.82, 2.24) is 5.32 Å². The van der Waals surface area contributed by atoms with Crippen molar-refractivity contribution in [1.29, 1.82) is 0 Å². The lowest BCUT2D eigenvalue weighted by Gasteiger charge is -2.29. The first-order valence-electron chi connectivity index (χ1n) is 8.24. The fourth-order valence-electron chi connectivity index (χ4n) is 2.96. The number of Topliss-reactive ketones (excluding diaryl/α,β-unsaturated/α-hetero) is 1. The first-order chi connectivity index (χ1) is 12.5. The zero-order valence-electron chi connectivity index (χ0n) is 14.4. The van der Waals surface area contributed by atoms with Crippen LogP contribution in [0.1, 0.15) is 29.8 Å². The van der Waals surface area contributed by atoms with Crippen molar-refractivity contribution >= 4 is 23.4 Å². The summed E-state index contributed by atoms with van der Waals surface area (Å²) in [7, 11) is 0. The number of rotatable bonds is 5. The lowest BCUT2D eigenvalue weighted by molar-refractivity contribution is -0.147. The van der Waals surface area contributed by atoms with Crippen LogP contribution in [0.2, 0.25) is 0 Å². The van der Waals surface area contributed by atoms with E-state index in [-0.39, 0.29) is 11.5 Å². The van der Waals surface area contributed by atoms with E-state index in [9.17, 15) is 14.4 Å². The van der Waals surface area contributed by atoms with Crippen LogP contribution in [-0.4, -0.2) is 23.4 Å². The minimum atomic E-state index is -1.61. The van der Waals surface area contributed by atoms with Crippen molar-refractivity contribution in [2.24, 2.45) is 11.1 Å². The summed E-state index contributed by atoms with van der Waals surface area (Å²) < 4.78 is 0. The summed E-state index contributed by atoms with van der Waals surface area (Å²) in [5.74, 6) is -2.55. The van der Waals surface area contributed by atoms with Gasteiger partial charge in [0.25, 0.3) is 5.91 Å².